The minimum absolute atomic E-state index is 0.00986. The summed E-state index contributed by atoms with van der Waals surface area (Å²) in [6, 6.07) is 6.36. The number of likely N-dealkylation sites (tertiary alicyclic amines) is 1. The van der Waals surface area contributed by atoms with Crippen LogP contribution in [0.5, 0.6) is 0 Å². The number of hydrogen-bond acceptors (Lipinski definition) is 5. The van der Waals surface area contributed by atoms with Crippen LogP contribution in [0, 0.1) is 6.92 Å². The van der Waals surface area contributed by atoms with Gasteiger partial charge in [0.15, 0.2) is 0 Å². The number of thioether (sulfide) groups is 1. The summed E-state index contributed by atoms with van der Waals surface area (Å²) in [6.07, 6.45) is 4.51. The zero-order chi connectivity index (χ0) is 19.8. The Bertz CT molecular complexity index is 650. The van der Waals surface area contributed by atoms with Crippen molar-refractivity contribution in [1.29, 1.82) is 0 Å². The molecule has 1 atom stereocenters. The van der Waals surface area contributed by atoms with E-state index in [1.807, 2.05) is 36.3 Å². The predicted molar refractivity (Wildman–Crippen MR) is 110 cm³/mol. The number of hydrogen-bond donors (Lipinski definition) is 0. The molecule has 1 amide bonds. The molecule has 1 saturated heterocycles. The monoisotopic (exact) mass is 392 g/mol. The fraction of sp³-hybridized carbons (Fsp3) is 0.619. The first kappa shape index (κ1) is 21.8. The maximum Gasteiger partial charge on any atom is 0.307 e. The molecule has 6 heteroatoms. The summed E-state index contributed by atoms with van der Waals surface area (Å²) < 4.78 is 5.06. The van der Waals surface area contributed by atoms with Crippen LogP contribution in [0.25, 0.3) is 0 Å². The van der Waals surface area contributed by atoms with Crippen molar-refractivity contribution in [2.75, 3.05) is 39.0 Å². The third-order valence-electron chi connectivity index (χ3n) is 5.19. The average Bonchev–Trinajstić information content (AvgIpc) is 3.12. The maximum absolute atomic E-state index is 13.3. The molecule has 0 aromatic heterocycles. The van der Waals surface area contributed by atoms with Crippen molar-refractivity contribution >= 4 is 23.6 Å². The van der Waals surface area contributed by atoms with E-state index in [1.54, 1.807) is 18.7 Å². The van der Waals surface area contributed by atoms with Crippen molar-refractivity contribution in [1.82, 2.24) is 9.80 Å². The lowest BCUT2D eigenvalue weighted by molar-refractivity contribution is -0.143. The highest BCUT2D eigenvalue weighted by Crippen LogP contribution is 2.23. The van der Waals surface area contributed by atoms with Gasteiger partial charge in [0.2, 0.25) is 0 Å². The number of ether oxygens (including phenoxy) is 1. The number of esters is 1. The minimum Gasteiger partial charge on any atom is -0.466 e. The summed E-state index contributed by atoms with van der Waals surface area (Å²) in [6.45, 7) is 9.44. The van der Waals surface area contributed by atoms with E-state index in [2.05, 4.69) is 11.8 Å². The van der Waals surface area contributed by atoms with Crippen molar-refractivity contribution < 1.29 is 14.3 Å². The predicted octanol–water partition coefficient (Wildman–Crippen LogP) is 3.60. The quantitative estimate of drug-likeness (QED) is 0.475. The molecule has 0 aliphatic carbocycles. The van der Waals surface area contributed by atoms with Gasteiger partial charge in [0.1, 0.15) is 0 Å². The van der Waals surface area contributed by atoms with E-state index in [0.29, 0.717) is 25.7 Å². The van der Waals surface area contributed by atoms with Gasteiger partial charge >= 0.3 is 5.97 Å². The Morgan fingerprint density at radius 3 is 2.78 bits per heavy atom. The molecule has 1 fully saturated rings. The highest BCUT2D eigenvalue weighted by atomic mass is 32.2. The third-order valence-corrected chi connectivity index (χ3v) is 5.92. The minimum atomic E-state index is -0.247. The normalized spacial score (nSPS) is 17.1. The standard InChI is InChI=1S/C21H32N2O3S/c1-5-22-12-7-8-17(22)15-23(13-11-20(24)26-6-2)21(25)19-14-18(27-4)10-9-16(19)3/h9-10,14,17H,5-8,11-13,15H2,1-4H3. The number of nitrogens with zero attached hydrogens (tertiary/aromatic N) is 2. The van der Waals surface area contributed by atoms with Gasteiger partial charge in [-0.05, 0) is 63.7 Å². The molecule has 0 saturated carbocycles. The van der Waals surface area contributed by atoms with Gasteiger partial charge in [0.05, 0.1) is 13.0 Å². The third kappa shape index (κ3) is 5.98. The number of amides is 1. The van der Waals surface area contributed by atoms with Crippen LogP contribution in [0.1, 0.15) is 49.0 Å². The fourth-order valence-corrected chi connectivity index (χ4v) is 4.08. The first-order valence-corrected chi connectivity index (χ1v) is 11.1. The van der Waals surface area contributed by atoms with Crippen LogP contribution in [0.2, 0.25) is 0 Å². The van der Waals surface area contributed by atoms with Gasteiger partial charge in [-0.2, -0.15) is 0 Å². The summed E-state index contributed by atoms with van der Waals surface area (Å²) in [5.74, 6) is -0.237. The van der Waals surface area contributed by atoms with Crippen molar-refractivity contribution in [3.8, 4) is 0 Å². The van der Waals surface area contributed by atoms with E-state index in [9.17, 15) is 9.59 Å². The fourth-order valence-electron chi connectivity index (χ4n) is 3.64. The molecule has 1 aromatic carbocycles. The first-order valence-electron chi connectivity index (χ1n) is 9.83. The maximum atomic E-state index is 13.3. The zero-order valence-electron chi connectivity index (χ0n) is 17.0. The number of benzene rings is 1. The van der Waals surface area contributed by atoms with E-state index >= 15 is 0 Å². The van der Waals surface area contributed by atoms with E-state index in [-0.39, 0.29) is 18.3 Å². The van der Waals surface area contributed by atoms with E-state index in [4.69, 9.17) is 4.74 Å². The van der Waals surface area contributed by atoms with Gasteiger partial charge in [-0.1, -0.05) is 13.0 Å². The van der Waals surface area contributed by atoms with Gasteiger partial charge < -0.3 is 9.64 Å². The first-order chi connectivity index (χ1) is 13.0. The van der Waals surface area contributed by atoms with E-state index < -0.39 is 0 Å². The molecule has 0 spiro atoms. The second-order valence-electron chi connectivity index (χ2n) is 6.91. The van der Waals surface area contributed by atoms with Crippen LogP contribution in [0.15, 0.2) is 23.1 Å². The molecule has 1 aromatic rings. The van der Waals surface area contributed by atoms with Gasteiger partial charge in [-0.3, -0.25) is 14.5 Å². The molecule has 0 bridgehead atoms. The summed E-state index contributed by atoms with van der Waals surface area (Å²) in [7, 11) is 0. The Hall–Kier alpha value is -1.53. The smallest absolute Gasteiger partial charge is 0.307 e. The second-order valence-corrected chi connectivity index (χ2v) is 7.79. The Labute approximate surface area is 167 Å². The number of rotatable bonds is 9. The van der Waals surface area contributed by atoms with Crippen LogP contribution in [-0.2, 0) is 9.53 Å². The zero-order valence-corrected chi connectivity index (χ0v) is 17.8. The molecule has 2 rings (SSSR count). The number of carbonyl (C=O) groups is 2. The molecule has 1 unspecified atom stereocenters. The van der Waals surface area contributed by atoms with Crippen molar-refractivity contribution in [3.05, 3.63) is 29.3 Å². The van der Waals surface area contributed by atoms with Crippen molar-refractivity contribution in [2.24, 2.45) is 0 Å². The van der Waals surface area contributed by atoms with Crippen LogP contribution in [0.3, 0.4) is 0 Å². The van der Waals surface area contributed by atoms with Crippen LogP contribution in [-0.4, -0.2) is 66.8 Å². The summed E-state index contributed by atoms with van der Waals surface area (Å²) in [4.78, 5) is 30.5. The number of aryl methyl sites for hydroxylation is 1. The lowest BCUT2D eigenvalue weighted by Crippen LogP contribution is -2.44. The molecule has 5 nitrogen and oxygen atoms in total. The Kier molecular flexibility index (Phi) is 8.64. The molecule has 27 heavy (non-hydrogen) atoms. The molecule has 0 N–H and O–H groups in total. The number of carbonyl (C=O) groups excluding carboxylic acids is 2. The second kappa shape index (κ2) is 10.7. The van der Waals surface area contributed by atoms with Gasteiger partial charge in [-0.15, -0.1) is 11.8 Å². The molecular formula is C21H32N2O3S. The average molecular weight is 393 g/mol. The van der Waals surface area contributed by atoms with Crippen LogP contribution >= 0.6 is 11.8 Å². The Balaban J connectivity index is 2.19. The van der Waals surface area contributed by atoms with Gasteiger partial charge in [0, 0.05) is 29.6 Å². The molecule has 1 heterocycles. The Morgan fingerprint density at radius 1 is 1.33 bits per heavy atom. The lowest BCUT2D eigenvalue weighted by atomic mass is 10.1. The summed E-state index contributed by atoms with van der Waals surface area (Å²) in [5.41, 5.74) is 1.70. The molecular weight excluding hydrogens is 360 g/mol. The SMILES string of the molecule is CCOC(=O)CCN(CC1CCCN1CC)C(=O)c1cc(SC)ccc1C. The molecule has 1 aliphatic rings. The topological polar surface area (TPSA) is 49.9 Å². The summed E-state index contributed by atoms with van der Waals surface area (Å²) in [5, 5.41) is 0. The van der Waals surface area contributed by atoms with Crippen molar-refractivity contribution in [2.45, 2.75) is 51.0 Å². The van der Waals surface area contributed by atoms with Crippen molar-refractivity contribution in [3.63, 3.8) is 0 Å². The lowest BCUT2D eigenvalue weighted by Gasteiger charge is -2.30. The highest BCUT2D eigenvalue weighted by Gasteiger charge is 2.28. The van der Waals surface area contributed by atoms with Gasteiger partial charge in [0.25, 0.3) is 5.91 Å². The summed E-state index contributed by atoms with van der Waals surface area (Å²) >= 11 is 1.63. The molecule has 0 radical (unpaired) electrons. The van der Waals surface area contributed by atoms with E-state index in [1.165, 1.54) is 6.42 Å². The van der Waals surface area contributed by atoms with Crippen LogP contribution in [0.4, 0.5) is 0 Å². The molecule has 1 aliphatic heterocycles. The van der Waals surface area contributed by atoms with Gasteiger partial charge in [-0.25, -0.2) is 0 Å². The Morgan fingerprint density at radius 2 is 2.11 bits per heavy atom. The largest absolute Gasteiger partial charge is 0.466 e. The number of likely N-dealkylation sites (N-methyl/N-ethyl adjacent to an activating group) is 1. The van der Waals surface area contributed by atoms with E-state index in [0.717, 1.165) is 35.5 Å². The van der Waals surface area contributed by atoms with Crippen LogP contribution < -0.4 is 0 Å². The molecule has 150 valence electrons. The highest BCUT2D eigenvalue weighted by molar-refractivity contribution is 7.98.